The monoisotopic (exact) mass is 275 g/mol. The van der Waals surface area contributed by atoms with Gasteiger partial charge in [-0.2, -0.15) is 0 Å². The molecule has 0 radical (unpaired) electrons. The van der Waals surface area contributed by atoms with Crippen molar-refractivity contribution >= 4 is 7.60 Å². The van der Waals surface area contributed by atoms with Gasteiger partial charge in [-0.3, -0.25) is 4.57 Å². The van der Waals surface area contributed by atoms with E-state index in [-0.39, 0.29) is 11.6 Å². The van der Waals surface area contributed by atoms with Gasteiger partial charge in [0.1, 0.15) is 11.9 Å². The molecule has 1 rings (SSSR count). The van der Waals surface area contributed by atoms with Gasteiger partial charge in [-0.15, -0.1) is 0 Å². The van der Waals surface area contributed by atoms with Gasteiger partial charge < -0.3 is 13.5 Å². The summed E-state index contributed by atoms with van der Waals surface area (Å²) >= 11 is 0. The van der Waals surface area contributed by atoms with Gasteiger partial charge in [-0.1, -0.05) is 20.8 Å². The van der Waals surface area contributed by atoms with Crippen LogP contribution in [0.2, 0.25) is 0 Å². The molecule has 1 aromatic heterocycles. The first kappa shape index (κ1) is 15.4. The van der Waals surface area contributed by atoms with Gasteiger partial charge in [-0.05, 0) is 13.8 Å². The highest BCUT2D eigenvalue weighted by atomic mass is 31.2. The highest BCUT2D eigenvalue weighted by Crippen LogP contribution is 2.51. The molecule has 0 amide bonds. The average Bonchev–Trinajstić information content (AvgIpc) is 2.65. The highest BCUT2D eigenvalue weighted by Gasteiger charge is 2.28. The second kappa shape index (κ2) is 6.00. The van der Waals surface area contributed by atoms with Crippen LogP contribution in [0.15, 0.2) is 10.6 Å². The van der Waals surface area contributed by atoms with Crippen molar-refractivity contribution in [2.75, 3.05) is 13.2 Å². The van der Waals surface area contributed by atoms with Gasteiger partial charge in [0.05, 0.1) is 19.4 Å². The molecule has 0 aromatic carbocycles. The van der Waals surface area contributed by atoms with Crippen LogP contribution in [0.3, 0.4) is 0 Å². The van der Waals surface area contributed by atoms with Gasteiger partial charge in [0.2, 0.25) is 5.89 Å². The van der Waals surface area contributed by atoms with Crippen molar-refractivity contribution in [2.24, 2.45) is 0 Å². The lowest BCUT2D eigenvalue weighted by molar-refractivity contribution is 0.216. The zero-order valence-corrected chi connectivity index (χ0v) is 12.6. The molecule has 0 saturated carbocycles. The Bertz CT molecular complexity index is 412. The Kier molecular flexibility index (Phi) is 5.14. The second-order valence-corrected chi connectivity index (χ2v) is 7.03. The van der Waals surface area contributed by atoms with E-state index in [9.17, 15) is 4.57 Å². The minimum atomic E-state index is -3.14. The predicted molar refractivity (Wildman–Crippen MR) is 69.8 cm³/mol. The van der Waals surface area contributed by atoms with Crippen LogP contribution < -0.4 is 0 Å². The average molecular weight is 275 g/mol. The molecule has 0 unspecified atom stereocenters. The molecule has 0 N–H and O–H groups in total. The van der Waals surface area contributed by atoms with Crippen LogP contribution in [0.1, 0.15) is 46.3 Å². The van der Waals surface area contributed by atoms with Gasteiger partial charge in [0, 0.05) is 5.41 Å². The maximum absolute atomic E-state index is 12.3. The van der Waals surface area contributed by atoms with Crippen molar-refractivity contribution in [3.63, 3.8) is 0 Å². The SMILES string of the molecule is CCOP(=O)(Cc1ncc(C(C)(C)C)o1)OCC. The maximum Gasteiger partial charge on any atom is 0.339 e. The molecule has 0 aliphatic carbocycles. The first-order valence-corrected chi connectivity index (χ1v) is 7.87. The van der Waals surface area contributed by atoms with Crippen molar-refractivity contribution < 1.29 is 18.0 Å². The number of oxazole rings is 1. The van der Waals surface area contributed by atoms with Crippen molar-refractivity contribution in [3.8, 4) is 0 Å². The fraction of sp³-hybridized carbons (Fsp3) is 0.750. The quantitative estimate of drug-likeness (QED) is 0.740. The van der Waals surface area contributed by atoms with Crippen LogP contribution in [-0.4, -0.2) is 18.2 Å². The summed E-state index contributed by atoms with van der Waals surface area (Å²) in [6.45, 7) is 10.3. The smallest absolute Gasteiger partial charge is 0.339 e. The normalized spacial score (nSPS) is 12.9. The van der Waals surface area contributed by atoms with Gasteiger partial charge in [-0.25, -0.2) is 4.98 Å². The maximum atomic E-state index is 12.3. The lowest BCUT2D eigenvalue weighted by Crippen LogP contribution is -2.09. The van der Waals surface area contributed by atoms with Gasteiger partial charge in [0.15, 0.2) is 0 Å². The van der Waals surface area contributed by atoms with E-state index in [1.54, 1.807) is 20.0 Å². The molecule has 0 aliphatic heterocycles. The Labute approximate surface area is 108 Å². The first-order valence-electron chi connectivity index (χ1n) is 6.14. The summed E-state index contributed by atoms with van der Waals surface area (Å²) < 4.78 is 28.3. The van der Waals surface area contributed by atoms with Gasteiger partial charge in [0.25, 0.3) is 0 Å². The molecule has 0 spiro atoms. The summed E-state index contributed by atoms with van der Waals surface area (Å²) in [5, 5.41) is 0. The van der Waals surface area contributed by atoms with Crippen LogP contribution in [0.5, 0.6) is 0 Å². The summed E-state index contributed by atoms with van der Waals surface area (Å²) in [5.74, 6) is 1.15. The van der Waals surface area contributed by atoms with E-state index in [2.05, 4.69) is 4.98 Å². The number of rotatable bonds is 6. The minimum absolute atomic E-state index is 0.0742. The van der Waals surface area contributed by atoms with Crippen LogP contribution in [0, 0.1) is 0 Å². The summed E-state index contributed by atoms with van der Waals surface area (Å²) in [4.78, 5) is 4.13. The zero-order valence-electron chi connectivity index (χ0n) is 11.7. The summed E-state index contributed by atoms with van der Waals surface area (Å²) in [6.07, 6.45) is 1.74. The van der Waals surface area contributed by atoms with Gasteiger partial charge >= 0.3 is 7.60 Å². The first-order chi connectivity index (χ1) is 8.30. The Hall–Kier alpha value is -0.640. The van der Waals surface area contributed by atoms with Crippen LogP contribution >= 0.6 is 7.60 Å². The molecule has 0 saturated heterocycles. The molecular weight excluding hydrogens is 253 g/mol. The number of aromatic nitrogens is 1. The summed E-state index contributed by atoms with van der Waals surface area (Å²) in [5.41, 5.74) is -0.119. The van der Waals surface area contributed by atoms with Crippen molar-refractivity contribution in [2.45, 2.75) is 46.2 Å². The molecule has 0 fully saturated rings. The van der Waals surface area contributed by atoms with Crippen molar-refractivity contribution in [1.29, 1.82) is 0 Å². The lowest BCUT2D eigenvalue weighted by atomic mass is 9.94. The fourth-order valence-electron chi connectivity index (χ4n) is 1.42. The zero-order chi connectivity index (χ0) is 13.8. The molecular formula is C12H22NO4P. The molecule has 0 atom stereocenters. The Morgan fingerprint density at radius 2 is 1.83 bits per heavy atom. The summed E-state index contributed by atoms with van der Waals surface area (Å²) in [6, 6.07) is 0. The predicted octanol–water partition coefficient (Wildman–Crippen LogP) is 3.74. The molecule has 0 bridgehead atoms. The Morgan fingerprint density at radius 3 is 2.22 bits per heavy atom. The second-order valence-electron chi connectivity index (χ2n) is 4.97. The Balaban J connectivity index is 2.82. The molecule has 1 heterocycles. The van der Waals surface area contributed by atoms with E-state index in [1.165, 1.54) is 0 Å². The number of hydrogen-bond donors (Lipinski definition) is 0. The standard InChI is InChI=1S/C12H22NO4P/c1-6-15-18(14,16-7-2)9-11-13-8-10(17-11)12(3,4)5/h8H,6-7,9H2,1-5H3. The molecule has 1 aromatic rings. The molecule has 104 valence electrons. The minimum Gasteiger partial charge on any atom is -0.444 e. The third kappa shape index (κ3) is 4.23. The fourth-order valence-corrected chi connectivity index (χ4v) is 2.94. The van der Waals surface area contributed by atoms with Crippen LogP contribution in [0.25, 0.3) is 0 Å². The molecule has 18 heavy (non-hydrogen) atoms. The Morgan fingerprint density at radius 1 is 1.28 bits per heavy atom. The van der Waals surface area contributed by atoms with Crippen LogP contribution in [0.4, 0.5) is 0 Å². The topological polar surface area (TPSA) is 61.6 Å². The molecule has 6 heteroatoms. The van der Waals surface area contributed by atoms with E-state index in [1.807, 2.05) is 20.8 Å². The van der Waals surface area contributed by atoms with E-state index in [4.69, 9.17) is 13.5 Å². The number of hydrogen-bond acceptors (Lipinski definition) is 5. The van der Waals surface area contributed by atoms with Crippen LogP contribution in [-0.2, 0) is 25.2 Å². The highest BCUT2D eigenvalue weighted by molar-refractivity contribution is 7.52. The lowest BCUT2D eigenvalue weighted by Gasteiger charge is -2.16. The summed E-state index contributed by atoms with van der Waals surface area (Å²) in [7, 11) is -3.14. The number of nitrogens with zero attached hydrogens (tertiary/aromatic N) is 1. The molecule has 5 nitrogen and oxygen atoms in total. The van der Waals surface area contributed by atoms with E-state index >= 15 is 0 Å². The molecule has 0 aliphatic rings. The van der Waals surface area contributed by atoms with Crippen molar-refractivity contribution in [3.05, 3.63) is 17.8 Å². The third-order valence-corrected chi connectivity index (χ3v) is 4.23. The van der Waals surface area contributed by atoms with E-state index < -0.39 is 7.60 Å². The van der Waals surface area contributed by atoms with E-state index in [0.29, 0.717) is 19.1 Å². The van der Waals surface area contributed by atoms with E-state index in [0.717, 1.165) is 5.76 Å². The third-order valence-electron chi connectivity index (χ3n) is 2.27. The van der Waals surface area contributed by atoms with Crippen molar-refractivity contribution in [1.82, 2.24) is 4.98 Å². The largest absolute Gasteiger partial charge is 0.444 e.